The fraction of sp³-hybridized carbons (Fsp3) is 0.167. The average Bonchev–Trinajstić information content (AvgIpc) is 2.55. The molecule has 1 aromatic carbocycles. The van der Waals surface area contributed by atoms with E-state index >= 15 is 0 Å². The van der Waals surface area contributed by atoms with E-state index in [9.17, 15) is 9.90 Å². The molecule has 3 rings (SSSR count). The molecule has 0 aliphatic heterocycles. The van der Waals surface area contributed by atoms with Crippen LogP contribution >= 0.6 is 0 Å². The Hall–Kier alpha value is -2.99. The summed E-state index contributed by atoms with van der Waals surface area (Å²) < 4.78 is 5.48. The second-order valence-electron chi connectivity index (χ2n) is 5.58. The van der Waals surface area contributed by atoms with E-state index in [1.54, 1.807) is 25.3 Å². The van der Waals surface area contributed by atoms with Gasteiger partial charge >= 0.3 is 0 Å². The molecule has 122 valence electrons. The molecule has 0 aliphatic carbocycles. The number of amides is 1. The van der Waals surface area contributed by atoms with Crippen LogP contribution in [0.3, 0.4) is 0 Å². The zero-order valence-electron chi connectivity index (χ0n) is 13.4. The lowest BCUT2D eigenvalue weighted by molar-refractivity contribution is 0.102. The number of aryl methyl sites for hydroxylation is 2. The van der Waals surface area contributed by atoms with Crippen molar-refractivity contribution in [1.82, 2.24) is 4.98 Å². The van der Waals surface area contributed by atoms with Crippen LogP contribution in [0.4, 0.5) is 5.69 Å². The third-order valence-corrected chi connectivity index (χ3v) is 3.76. The highest BCUT2D eigenvalue weighted by atomic mass is 16.3. The Bertz CT molecular complexity index is 992. The first kappa shape index (κ1) is 15.9. The molecule has 0 atom stereocenters. The van der Waals surface area contributed by atoms with Crippen molar-refractivity contribution < 1.29 is 14.3 Å². The summed E-state index contributed by atoms with van der Waals surface area (Å²) in [6.45, 7) is 3.45. The lowest BCUT2D eigenvalue weighted by Gasteiger charge is -2.09. The van der Waals surface area contributed by atoms with Crippen molar-refractivity contribution in [3.63, 3.8) is 0 Å². The molecular weight excluding hydrogens is 306 g/mol. The maximum Gasteiger partial charge on any atom is 0.261 e. The molecule has 0 spiro atoms. The maximum absolute atomic E-state index is 12.5. The normalized spacial score (nSPS) is 10.8. The van der Waals surface area contributed by atoms with Gasteiger partial charge in [-0.3, -0.25) is 15.2 Å². The molecule has 3 aromatic rings. The van der Waals surface area contributed by atoms with Crippen LogP contribution in [0, 0.1) is 19.3 Å². The van der Waals surface area contributed by atoms with Crippen LogP contribution in [0.15, 0.2) is 40.9 Å². The fourth-order valence-corrected chi connectivity index (χ4v) is 2.51. The van der Waals surface area contributed by atoms with Gasteiger partial charge < -0.3 is 14.8 Å². The number of pyridine rings is 1. The summed E-state index contributed by atoms with van der Waals surface area (Å²) in [5, 5.41) is 20.8. The summed E-state index contributed by atoms with van der Waals surface area (Å²) in [5.74, 6) is -0.436. The highest BCUT2D eigenvalue weighted by Gasteiger charge is 2.15. The van der Waals surface area contributed by atoms with Crippen molar-refractivity contribution in [3.8, 4) is 0 Å². The Kier molecular flexibility index (Phi) is 4.14. The van der Waals surface area contributed by atoms with Gasteiger partial charge in [-0.05, 0) is 37.6 Å². The third-order valence-electron chi connectivity index (χ3n) is 3.76. The van der Waals surface area contributed by atoms with Crippen LogP contribution in [0.1, 0.15) is 27.2 Å². The number of carbonyl (C=O) groups is 1. The smallest absolute Gasteiger partial charge is 0.261 e. The fourth-order valence-electron chi connectivity index (χ4n) is 2.51. The number of carbonyl (C=O) groups excluding carboxylic acids is 1. The number of hydrogen-bond donors (Lipinski definition) is 3. The molecule has 0 fully saturated rings. The van der Waals surface area contributed by atoms with E-state index in [1.807, 2.05) is 25.1 Å². The lowest BCUT2D eigenvalue weighted by Crippen LogP contribution is -2.21. The first-order valence-electron chi connectivity index (χ1n) is 7.45. The molecule has 0 unspecified atom stereocenters. The third kappa shape index (κ3) is 2.91. The first-order chi connectivity index (χ1) is 11.5. The number of nitrogens with zero attached hydrogens (tertiary/aromatic N) is 1. The van der Waals surface area contributed by atoms with Crippen LogP contribution < -0.4 is 10.9 Å². The SMILES string of the molecule is Cc1cccc(NC(=O)c2cc3c(CO)cnc(C)c3oc2=N)c1. The summed E-state index contributed by atoms with van der Waals surface area (Å²) in [6, 6.07) is 8.95. The largest absolute Gasteiger partial charge is 0.436 e. The number of fused-ring (bicyclic) bond motifs is 1. The second kappa shape index (κ2) is 6.25. The standard InChI is InChI=1S/C18H17N3O3/c1-10-4-3-5-13(6-10)21-18(23)15-7-14-12(9-22)8-20-11(2)16(14)24-17(15)19/h3-8,19,22H,9H2,1-2H3,(H,21,23). The molecule has 2 aromatic heterocycles. The minimum absolute atomic E-state index is 0.101. The summed E-state index contributed by atoms with van der Waals surface area (Å²) >= 11 is 0. The molecule has 0 bridgehead atoms. The van der Waals surface area contributed by atoms with Crippen molar-refractivity contribution >= 4 is 22.6 Å². The van der Waals surface area contributed by atoms with Crippen LogP contribution in [0.5, 0.6) is 0 Å². The number of aliphatic hydroxyl groups is 1. The average molecular weight is 323 g/mol. The molecule has 0 aliphatic rings. The van der Waals surface area contributed by atoms with Gasteiger partial charge in [-0.25, -0.2) is 0 Å². The number of nitrogens with one attached hydrogen (secondary N) is 2. The molecule has 3 N–H and O–H groups in total. The zero-order chi connectivity index (χ0) is 17.3. The number of benzene rings is 1. The van der Waals surface area contributed by atoms with Gasteiger partial charge in [-0.2, -0.15) is 0 Å². The maximum atomic E-state index is 12.5. The molecule has 6 heteroatoms. The van der Waals surface area contributed by atoms with E-state index in [2.05, 4.69) is 10.3 Å². The number of aliphatic hydroxyl groups excluding tert-OH is 1. The Morgan fingerprint density at radius 1 is 1.33 bits per heavy atom. The van der Waals surface area contributed by atoms with Crippen LogP contribution in [0.25, 0.3) is 11.0 Å². The van der Waals surface area contributed by atoms with Crippen molar-refractivity contribution in [2.75, 3.05) is 5.32 Å². The molecule has 2 heterocycles. The number of aromatic nitrogens is 1. The zero-order valence-corrected chi connectivity index (χ0v) is 13.4. The number of hydrogen-bond acceptors (Lipinski definition) is 5. The Balaban J connectivity index is 2.07. The molecule has 1 amide bonds. The van der Waals surface area contributed by atoms with Crippen molar-refractivity contribution in [1.29, 1.82) is 5.41 Å². The van der Waals surface area contributed by atoms with Gasteiger partial charge in [-0.15, -0.1) is 0 Å². The van der Waals surface area contributed by atoms with E-state index < -0.39 is 5.91 Å². The summed E-state index contributed by atoms with van der Waals surface area (Å²) in [7, 11) is 0. The van der Waals surface area contributed by atoms with Gasteiger partial charge in [0.1, 0.15) is 5.56 Å². The predicted molar refractivity (Wildman–Crippen MR) is 89.7 cm³/mol. The van der Waals surface area contributed by atoms with Crippen molar-refractivity contribution in [3.05, 3.63) is 64.5 Å². The van der Waals surface area contributed by atoms with Crippen LogP contribution in [-0.4, -0.2) is 16.0 Å². The number of anilines is 1. The molecule has 0 saturated heterocycles. The highest BCUT2D eigenvalue weighted by molar-refractivity contribution is 6.05. The van der Waals surface area contributed by atoms with Crippen molar-refractivity contribution in [2.24, 2.45) is 0 Å². The first-order valence-corrected chi connectivity index (χ1v) is 7.45. The summed E-state index contributed by atoms with van der Waals surface area (Å²) in [6.07, 6.45) is 1.54. The van der Waals surface area contributed by atoms with E-state index in [0.717, 1.165) is 5.56 Å². The van der Waals surface area contributed by atoms with Crippen LogP contribution in [-0.2, 0) is 6.61 Å². The number of rotatable bonds is 3. The molecule has 0 saturated carbocycles. The van der Waals surface area contributed by atoms with E-state index in [4.69, 9.17) is 9.83 Å². The van der Waals surface area contributed by atoms with Gasteiger partial charge in [0.15, 0.2) is 5.58 Å². The Morgan fingerprint density at radius 3 is 2.83 bits per heavy atom. The van der Waals surface area contributed by atoms with Crippen molar-refractivity contribution in [2.45, 2.75) is 20.5 Å². The molecule has 6 nitrogen and oxygen atoms in total. The lowest BCUT2D eigenvalue weighted by atomic mass is 10.1. The van der Waals surface area contributed by atoms with E-state index in [0.29, 0.717) is 27.9 Å². The molecule has 24 heavy (non-hydrogen) atoms. The molecular formula is C18H17N3O3. The van der Waals surface area contributed by atoms with Gasteiger partial charge in [0.2, 0.25) is 5.55 Å². The topological polar surface area (TPSA) is 99.2 Å². The van der Waals surface area contributed by atoms with Gasteiger partial charge in [0.05, 0.1) is 12.3 Å². The summed E-state index contributed by atoms with van der Waals surface area (Å²) in [5.41, 5.74) is 3.07. The monoisotopic (exact) mass is 323 g/mol. The highest BCUT2D eigenvalue weighted by Crippen LogP contribution is 2.21. The Morgan fingerprint density at radius 2 is 2.12 bits per heavy atom. The second-order valence-corrected chi connectivity index (χ2v) is 5.58. The summed E-state index contributed by atoms with van der Waals surface area (Å²) in [4.78, 5) is 16.6. The minimum Gasteiger partial charge on any atom is -0.436 e. The quantitative estimate of drug-likeness (QED) is 0.690. The predicted octanol–water partition coefficient (Wildman–Crippen LogP) is 2.67. The molecule has 0 radical (unpaired) electrons. The van der Waals surface area contributed by atoms with Gasteiger partial charge in [0, 0.05) is 22.8 Å². The minimum atomic E-state index is -0.436. The van der Waals surface area contributed by atoms with Gasteiger partial charge in [0.25, 0.3) is 5.91 Å². The Labute approximate surface area is 138 Å². The van der Waals surface area contributed by atoms with E-state index in [-0.39, 0.29) is 17.7 Å². The van der Waals surface area contributed by atoms with Crippen LogP contribution in [0.2, 0.25) is 0 Å². The van der Waals surface area contributed by atoms with Gasteiger partial charge in [-0.1, -0.05) is 12.1 Å². The van der Waals surface area contributed by atoms with E-state index in [1.165, 1.54) is 0 Å².